The summed E-state index contributed by atoms with van der Waals surface area (Å²) in [5.74, 6) is 0.586. The van der Waals surface area contributed by atoms with Crippen LogP contribution in [-0.4, -0.2) is 41.0 Å². The van der Waals surface area contributed by atoms with Crippen molar-refractivity contribution in [3.8, 4) is 0 Å². The summed E-state index contributed by atoms with van der Waals surface area (Å²) >= 11 is 0. The fourth-order valence-electron chi connectivity index (χ4n) is 2.63. The Kier molecular flexibility index (Phi) is 4.50. The first-order valence-corrected chi connectivity index (χ1v) is 7.81. The molecule has 7 heteroatoms. The van der Waals surface area contributed by atoms with E-state index >= 15 is 0 Å². The molecule has 0 bridgehead atoms. The molecular weight excluding hydrogens is 308 g/mol. The Labute approximate surface area is 140 Å². The number of cyclic esters (lactones) is 1. The van der Waals surface area contributed by atoms with Gasteiger partial charge in [0.05, 0.1) is 25.7 Å². The number of nitrogens with one attached hydrogen (secondary N) is 1. The van der Waals surface area contributed by atoms with E-state index < -0.39 is 6.09 Å². The molecule has 1 aliphatic rings. The number of ether oxygens (including phenoxy) is 1. The van der Waals surface area contributed by atoms with E-state index in [-0.39, 0.29) is 12.0 Å². The molecule has 1 aliphatic heterocycles. The number of benzene rings is 1. The second-order valence-electron chi connectivity index (χ2n) is 5.90. The molecule has 0 saturated carbocycles. The lowest BCUT2D eigenvalue weighted by molar-refractivity contribution is -0.120. The van der Waals surface area contributed by atoms with Gasteiger partial charge in [0.2, 0.25) is 5.91 Å². The first-order valence-electron chi connectivity index (χ1n) is 7.81. The van der Waals surface area contributed by atoms with Crippen molar-refractivity contribution in [1.29, 1.82) is 0 Å². The molecule has 0 aliphatic carbocycles. The number of hydrogen-bond acceptors (Lipinski definition) is 4. The summed E-state index contributed by atoms with van der Waals surface area (Å²) < 4.78 is 6.91. The van der Waals surface area contributed by atoms with Crippen molar-refractivity contribution in [1.82, 2.24) is 15.1 Å². The number of rotatable bonds is 5. The second kappa shape index (κ2) is 6.74. The Morgan fingerprint density at radius 3 is 2.75 bits per heavy atom. The highest BCUT2D eigenvalue weighted by Gasteiger charge is 2.33. The molecule has 1 aromatic carbocycles. The molecule has 3 rings (SSSR count). The topological polar surface area (TPSA) is 76.5 Å². The van der Waals surface area contributed by atoms with Gasteiger partial charge >= 0.3 is 6.09 Å². The van der Waals surface area contributed by atoms with Crippen LogP contribution in [0, 0.1) is 6.92 Å². The molecule has 1 atom stereocenters. The van der Waals surface area contributed by atoms with Gasteiger partial charge in [-0.05, 0) is 12.5 Å². The minimum absolute atomic E-state index is 0.0890. The largest absolute Gasteiger partial charge is 0.442 e. The predicted octanol–water partition coefficient (Wildman–Crippen LogP) is 1.41. The molecule has 126 valence electrons. The van der Waals surface area contributed by atoms with Gasteiger partial charge in [0.25, 0.3) is 0 Å². The second-order valence-corrected chi connectivity index (χ2v) is 5.90. The molecule has 1 fully saturated rings. The lowest BCUT2D eigenvalue weighted by atomic mass is 10.1. The molecule has 1 saturated heterocycles. The summed E-state index contributed by atoms with van der Waals surface area (Å²) in [6.45, 7) is 2.69. The Morgan fingerprint density at radius 1 is 1.33 bits per heavy atom. The summed E-state index contributed by atoms with van der Waals surface area (Å²) in [5.41, 5.74) is 2.12. The van der Waals surface area contributed by atoms with Gasteiger partial charge in [-0.15, -0.1) is 0 Å². The van der Waals surface area contributed by atoms with E-state index in [0.29, 0.717) is 25.3 Å². The van der Waals surface area contributed by atoms with Crippen molar-refractivity contribution in [3.63, 3.8) is 0 Å². The lowest BCUT2D eigenvalue weighted by Gasteiger charge is -2.12. The van der Waals surface area contributed by atoms with Crippen LogP contribution in [0.1, 0.15) is 11.1 Å². The number of anilines is 1. The van der Waals surface area contributed by atoms with E-state index in [9.17, 15) is 9.59 Å². The van der Waals surface area contributed by atoms with Gasteiger partial charge in [-0.2, -0.15) is 5.10 Å². The van der Waals surface area contributed by atoms with E-state index in [2.05, 4.69) is 10.4 Å². The van der Waals surface area contributed by atoms with Gasteiger partial charge in [0.15, 0.2) is 0 Å². The highest BCUT2D eigenvalue weighted by molar-refractivity contribution is 5.88. The van der Waals surface area contributed by atoms with Crippen LogP contribution < -0.4 is 10.2 Å². The van der Waals surface area contributed by atoms with Gasteiger partial charge < -0.3 is 10.1 Å². The lowest BCUT2D eigenvalue weighted by Crippen LogP contribution is -2.35. The van der Waals surface area contributed by atoms with Crippen molar-refractivity contribution in [2.45, 2.75) is 19.4 Å². The third-order valence-corrected chi connectivity index (χ3v) is 3.96. The first kappa shape index (κ1) is 16.0. The maximum atomic E-state index is 12.0. The first-order chi connectivity index (χ1) is 11.5. The van der Waals surface area contributed by atoms with Gasteiger partial charge in [-0.3, -0.25) is 14.4 Å². The zero-order valence-electron chi connectivity index (χ0n) is 13.7. The Morgan fingerprint density at radius 2 is 2.08 bits per heavy atom. The Bertz CT molecular complexity index is 739. The number of aromatic nitrogens is 2. The van der Waals surface area contributed by atoms with Gasteiger partial charge in [0.1, 0.15) is 11.9 Å². The van der Waals surface area contributed by atoms with E-state index in [1.54, 1.807) is 24.0 Å². The quantitative estimate of drug-likeness (QED) is 0.900. The zero-order chi connectivity index (χ0) is 17.1. The van der Waals surface area contributed by atoms with Crippen molar-refractivity contribution in [3.05, 3.63) is 47.7 Å². The number of aryl methyl sites for hydroxylation is 2. The average molecular weight is 328 g/mol. The molecule has 2 heterocycles. The van der Waals surface area contributed by atoms with Gasteiger partial charge in [-0.1, -0.05) is 29.8 Å². The molecule has 0 spiro atoms. The molecule has 1 N–H and O–H groups in total. The number of carbonyl (C=O) groups is 2. The highest BCUT2D eigenvalue weighted by atomic mass is 16.6. The monoisotopic (exact) mass is 328 g/mol. The van der Waals surface area contributed by atoms with E-state index in [1.807, 2.05) is 31.2 Å². The maximum Gasteiger partial charge on any atom is 0.416 e. The molecular formula is C17H20N4O3. The van der Waals surface area contributed by atoms with Crippen LogP contribution in [-0.2, 0) is 23.0 Å². The van der Waals surface area contributed by atoms with E-state index in [0.717, 1.165) is 11.1 Å². The molecule has 1 unspecified atom stereocenters. The Hall–Kier alpha value is -2.83. The van der Waals surface area contributed by atoms with Crippen molar-refractivity contribution >= 4 is 17.8 Å². The van der Waals surface area contributed by atoms with Gasteiger partial charge in [0, 0.05) is 13.1 Å². The van der Waals surface area contributed by atoms with Gasteiger partial charge in [-0.25, -0.2) is 4.79 Å². The van der Waals surface area contributed by atoms with E-state index in [1.165, 1.54) is 4.90 Å². The summed E-state index contributed by atoms with van der Waals surface area (Å²) in [5, 5.41) is 6.87. The number of nitrogens with zero attached hydrogens (tertiary/aromatic N) is 3. The summed E-state index contributed by atoms with van der Waals surface area (Å²) in [6.07, 6.45) is 1.15. The molecule has 0 radical (unpaired) electrons. The zero-order valence-corrected chi connectivity index (χ0v) is 13.7. The molecule has 1 aromatic heterocycles. The summed E-state index contributed by atoms with van der Waals surface area (Å²) in [4.78, 5) is 25.5. The van der Waals surface area contributed by atoms with Crippen molar-refractivity contribution in [2.75, 3.05) is 18.0 Å². The van der Waals surface area contributed by atoms with Crippen LogP contribution in [0.2, 0.25) is 0 Å². The fraction of sp³-hybridized carbons (Fsp3) is 0.353. The molecule has 24 heavy (non-hydrogen) atoms. The predicted molar refractivity (Wildman–Crippen MR) is 88.7 cm³/mol. The smallest absolute Gasteiger partial charge is 0.416 e. The Balaban J connectivity index is 1.50. The average Bonchev–Trinajstić information content (AvgIpc) is 3.13. The van der Waals surface area contributed by atoms with Crippen molar-refractivity contribution in [2.24, 2.45) is 7.05 Å². The fourth-order valence-corrected chi connectivity index (χ4v) is 2.63. The standard InChI is InChI=1S/C17H20N4O3/c1-12-3-5-13(6-4-12)9-15(22)18-10-14-11-21(17(23)24-14)16-7-8-19-20(16)2/h3-8,14H,9-11H2,1-2H3,(H,18,22). The number of carbonyl (C=O) groups excluding carboxylic acids is 2. The van der Waals surface area contributed by atoms with Crippen LogP contribution >= 0.6 is 0 Å². The SMILES string of the molecule is Cc1ccc(CC(=O)NCC2CN(c3ccnn3C)C(=O)O2)cc1. The van der Waals surface area contributed by atoms with Crippen molar-refractivity contribution < 1.29 is 14.3 Å². The number of hydrogen-bond donors (Lipinski definition) is 1. The number of amides is 2. The minimum atomic E-state index is -0.420. The molecule has 2 aromatic rings. The van der Waals surface area contributed by atoms with Crippen LogP contribution in [0.25, 0.3) is 0 Å². The third kappa shape index (κ3) is 3.56. The summed E-state index contributed by atoms with van der Waals surface area (Å²) in [6, 6.07) is 9.59. The highest BCUT2D eigenvalue weighted by Crippen LogP contribution is 2.20. The van der Waals surface area contributed by atoms with Crippen LogP contribution in [0.4, 0.5) is 10.6 Å². The van der Waals surface area contributed by atoms with Crippen LogP contribution in [0.3, 0.4) is 0 Å². The normalized spacial score (nSPS) is 17.0. The maximum absolute atomic E-state index is 12.0. The minimum Gasteiger partial charge on any atom is -0.442 e. The third-order valence-electron chi connectivity index (χ3n) is 3.96. The summed E-state index contributed by atoms with van der Waals surface area (Å²) in [7, 11) is 1.76. The van der Waals surface area contributed by atoms with E-state index in [4.69, 9.17) is 4.74 Å². The van der Waals surface area contributed by atoms with Crippen LogP contribution in [0.5, 0.6) is 0 Å². The van der Waals surface area contributed by atoms with Crippen LogP contribution in [0.15, 0.2) is 36.5 Å². The molecule has 2 amide bonds. The molecule has 7 nitrogen and oxygen atoms in total.